The van der Waals surface area contributed by atoms with E-state index in [1.165, 1.54) is 0 Å². The zero-order valence-corrected chi connectivity index (χ0v) is 5.81. The molecule has 52 valence electrons. The first-order chi connectivity index (χ1) is 4.86. The van der Waals surface area contributed by atoms with Gasteiger partial charge in [-0.3, -0.25) is 4.98 Å². The molecule has 0 spiro atoms. The Kier molecular flexibility index (Phi) is 1.03. The maximum Gasteiger partial charge on any atom is 0.0851 e. The topological polar surface area (TPSA) is 37.0 Å². The van der Waals surface area contributed by atoms with Gasteiger partial charge in [-0.2, -0.15) is 0 Å². The molecule has 2 heterocycles. The van der Waals surface area contributed by atoms with Gasteiger partial charge >= 0.3 is 0 Å². The van der Waals surface area contributed by atoms with Gasteiger partial charge in [-0.05, 0) is 13.0 Å². The van der Waals surface area contributed by atoms with Crippen molar-refractivity contribution in [2.75, 3.05) is 17.3 Å². The molecule has 0 atom stereocenters. The van der Waals surface area contributed by atoms with Gasteiger partial charge in [0.05, 0.1) is 24.2 Å². The van der Waals surface area contributed by atoms with Gasteiger partial charge in [0.15, 0.2) is 0 Å². The summed E-state index contributed by atoms with van der Waals surface area (Å²) in [6.45, 7) is 2.81. The molecular formula is C7H9N3. The minimum Gasteiger partial charge on any atom is -0.366 e. The summed E-state index contributed by atoms with van der Waals surface area (Å²) in [5.41, 5.74) is 3.31. The first kappa shape index (κ1) is 5.53. The summed E-state index contributed by atoms with van der Waals surface area (Å²) in [6, 6.07) is 2.04. The second-order valence-electron chi connectivity index (χ2n) is 2.40. The molecule has 0 fully saturated rings. The molecule has 0 amide bonds. The monoisotopic (exact) mass is 135 g/mol. The van der Waals surface area contributed by atoms with E-state index in [4.69, 9.17) is 0 Å². The van der Waals surface area contributed by atoms with Crippen LogP contribution in [0.4, 0.5) is 11.4 Å². The van der Waals surface area contributed by atoms with Gasteiger partial charge < -0.3 is 10.6 Å². The molecule has 0 unspecified atom stereocenters. The van der Waals surface area contributed by atoms with E-state index in [2.05, 4.69) is 15.6 Å². The van der Waals surface area contributed by atoms with Crippen LogP contribution in [0.2, 0.25) is 0 Å². The molecule has 3 heteroatoms. The fourth-order valence-corrected chi connectivity index (χ4v) is 1.08. The lowest BCUT2D eigenvalue weighted by Crippen LogP contribution is -1.98. The van der Waals surface area contributed by atoms with Crippen molar-refractivity contribution in [2.24, 2.45) is 0 Å². The van der Waals surface area contributed by atoms with Crippen LogP contribution in [0.25, 0.3) is 0 Å². The lowest BCUT2D eigenvalue weighted by molar-refractivity contribution is 1.21. The van der Waals surface area contributed by atoms with Crippen LogP contribution in [-0.2, 0) is 0 Å². The van der Waals surface area contributed by atoms with Gasteiger partial charge in [-0.25, -0.2) is 0 Å². The van der Waals surface area contributed by atoms with Crippen molar-refractivity contribution >= 4 is 11.4 Å². The maximum atomic E-state index is 4.15. The van der Waals surface area contributed by atoms with E-state index in [-0.39, 0.29) is 0 Å². The zero-order chi connectivity index (χ0) is 6.97. The molecular weight excluding hydrogens is 126 g/mol. The molecule has 0 aliphatic carbocycles. The molecule has 1 aromatic heterocycles. The second-order valence-corrected chi connectivity index (χ2v) is 2.40. The average Bonchev–Trinajstić information content (AvgIpc) is 2.33. The van der Waals surface area contributed by atoms with Crippen molar-refractivity contribution in [3.8, 4) is 0 Å². The van der Waals surface area contributed by atoms with E-state index in [1.807, 2.05) is 19.2 Å². The molecule has 3 nitrogen and oxygen atoms in total. The molecule has 0 saturated carbocycles. The molecule has 0 aromatic carbocycles. The summed E-state index contributed by atoms with van der Waals surface area (Å²) in [5, 5.41) is 6.34. The SMILES string of the molecule is Cc1cc2c(cn1)NCN2. The highest BCUT2D eigenvalue weighted by Gasteiger charge is 2.07. The molecule has 10 heavy (non-hydrogen) atoms. The number of nitrogens with zero attached hydrogens (tertiary/aromatic N) is 1. The Morgan fingerprint density at radius 1 is 1.40 bits per heavy atom. The molecule has 0 saturated heterocycles. The Morgan fingerprint density at radius 3 is 3.10 bits per heavy atom. The number of nitrogens with one attached hydrogen (secondary N) is 2. The van der Waals surface area contributed by atoms with Gasteiger partial charge in [0.2, 0.25) is 0 Å². The van der Waals surface area contributed by atoms with Crippen LogP contribution >= 0.6 is 0 Å². The van der Waals surface area contributed by atoms with Gasteiger partial charge in [0, 0.05) is 5.69 Å². The van der Waals surface area contributed by atoms with Crippen molar-refractivity contribution in [3.05, 3.63) is 18.0 Å². The fraction of sp³-hybridized carbons (Fsp3) is 0.286. The standard InChI is InChI=1S/C7H9N3/c1-5-2-6-7(3-8-5)10-4-9-6/h2-3,9-10H,4H2,1H3. The Morgan fingerprint density at radius 2 is 2.20 bits per heavy atom. The van der Waals surface area contributed by atoms with Crippen LogP contribution in [0.5, 0.6) is 0 Å². The lowest BCUT2D eigenvalue weighted by atomic mass is 10.3. The molecule has 1 aliphatic rings. The van der Waals surface area contributed by atoms with Crippen molar-refractivity contribution < 1.29 is 0 Å². The third-order valence-electron chi connectivity index (χ3n) is 1.60. The average molecular weight is 135 g/mol. The van der Waals surface area contributed by atoms with Crippen molar-refractivity contribution in [1.29, 1.82) is 0 Å². The van der Waals surface area contributed by atoms with Gasteiger partial charge in [0.25, 0.3) is 0 Å². The predicted octanol–water partition coefficient (Wildman–Crippen LogP) is 1.18. The normalized spacial score (nSPS) is 13.7. The molecule has 1 aliphatic heterocycles. The maximum absolute atomic E-state index is 4.15. The summed E-state index contributed by atoms with van der Waals surface area (Å²) in [6.07, 6.45) is 1.85. The Hall–Kier alpha value is -1.25. The molecule has 2 N–H and O–H groups in total. The van der Waals surface area contributed by atoms with Gasteiger partial charge in [0.1, 0.15) is 0 Å². The fourth-order valence-electron chi connectivity index (χ4n) is 1.08. The number of aromatic nitrogens is 1. The van der Waals surface area contributed by atoms with E-state index in [0.717, 1.165) is 23.7 Å². The van der Waals surface area contributed by atoms with Crippen molar-refractivity contribution in [1.82, 2.24) is 4.98 Å². The lowest BCUT2D eigenvalue weighted by Gasteiger charge is -1.96. The van der Waals surface area contributed by atoms with Gasteiger partial charge in [-0.1, -0.05) is 0 Å². The largest absolute Gasteiger partial charge is 0.366 e. The summed E-state index contributed by atoms with van der Waals surface area (Å²) >= 11 is 0. The predicted molar refractivity (Wildman–Crippen MR) is 41.1 cm³/mol. The smallest absolute Gasteiger partial charge is 0.0851 e. The highest BCUT2D eigenvalue weighted by molar-refractivity contribution is 5.72. The van der Waals surface area contributed by atoms with Crippen molar-refractivity contribution in [2.45, 2.75) is 6.92 Å². The van der Waals surface area contributed by atoms with Gasteiger partial charge in [-0.15, -0.1) is 0 Å². The highest BCUT2D eigenvalue weighted by Crippen LogP contribution is 2.24. The third-order valence-corrected chi connectivity index (χ3v) is 1.60. The number of aryl methyl sites for hydroxylation is 1. The first-order valence-corrected chi connectivity index (χ1v) is 3.30. The molecule has 1 aromatic rings. The number of hydrogen-bond donors (Lipinski definition) is 2. The van der Waals surface area contributed by atoms with Crippen LogP contribution in [0.1, 0.15) is 5.69 Å². The number of pyridine rings is 1. The molecule has 0 radical (unpaired) electrons. The Bertz CT molecular complexity index is 257. The van der Waals surface area contributed by atoms with E-state index in [0.29, 0.717) is 0 Å². The molecule has 2 rings (SSSR count). The summed E-state index contributed by atoms with van der Waals surface area (Å²) < 4.78 is 0. The summed E-state index contributed by atoms with van der Waals surface area (Å²) in [7, 11) is 0. The number of rotatable bonds is 0. The number of hydrogen-bond acceptors (Lipinski definition) is 3. The van der Waals surface area contributed by atoms with Crippen LogP contribution in [0.3, 0.4) is 0 Å². The Balaban J connectivity index is 2.52. The van der Waals surface area contributed by atoms with E-state index in [9.17, 15) is 0 Å². The minimum absolute atomic E-state index is 0.820. The summed E-state index contributed by atoms with van der Waals surface area (Å²) in [5.74, 6) is 0. The quantitative estimate of drug-likeness (QED) is 0.561. The second kappa shape index (κ2) is 1.87. The van der Waals surface area contributed by atoms with Crippen LogP contribution in [0, 0.1) is 6.92 Å². The third kappa shape index (κ3) is 0.708. The van der Waals surface area contributed by atoms with Crippen molar-refractivity contribution in [3.63, 3.8) is 0 Å². The first-order valence-electron chi connectivity index (χ1n) is 3.30. The van der Waals surface area contributed by atoms with E-state index < -0.39 is 0 Å². The highest BCUT2D eigenvalue weighted by atomic mass is 15.1. The van der Waals surface area contributed by atoms with E-state index >= 15 is 0 Å². The molecule has 0 bridgehead atoms. The van der Waals surface area contributed by atoms with Crippen LogP contribution in [0.15, 0.2) is 12.3 Å². The van der Waals surface area contributed by atoms with Crippen LogP contribution in [-0.4, -0.2) is 11.7 Å². The summed E-state index contributed by atoms with van der Waals surface area (Å²) in [4.78, 5) is 4.15. The number of anilines is 2. The minimum atomic E-state index is 0.820. The number of fused-ring (bicyclic) bond motifs is 1. The van der Waals surface area contributed by atoms with Crippen LogP contribution < -0.4 is 10.6 Å². The zero-order valence-electron chi connectivity index (χ0n) is 5.81. The van der Waals surface area contributed by atoms with E-state index in [1.54, 1.807) is 0 Å². The Labute approximate surface area is 59.5 Å².